The Morgan fingerprint density at radius 2 is 2.32 bits per heavy atom. The summed E-state index contributed by atoms with van der Waals surface area (Å²) >= 11 is 0. The van der Waals surface area contributed by atoms with E-state index in [1.807, 2.05) is 0 Å². The van der Waals surface area contributed by atoms with Gasteiger partial charge in [0.15, 0.2) is 0 Å². The third-order valence-corrected chi connectivity index (χ3v) is 3.34. The average Bonchev–Trinajstić information content (AvgIpc) is 2.41. The third kappa shape index (κ3) is 3.08. The normalized spacial score (nSPS) is 19.2. The second-order valence-electron chi connectivity index (χ2n) is 4.57. The minimum Gasteiger partial charge on any atom is -0.496 e. The van der Waals surface area contributed by atoms with Crippen LogP contribution in [0.3, 0.4) is 0 Å². The molecule has 1 aliphatic heterocycles. The Labute approximate surface area is 110 Å². The number of ether oxygens (including phenoxy) is 1. The van der Waals surface area contributed by atoms with E-state index in [1.165, 1.54) is 19.2 Å². The number of hydrogen-bond acceptors (Lipinski definition) is 5. The van der Waals surface area contributed by atoms with Gasteiger partial charge in [0.2, 0.25) is 0 Å². The highest BCUT2D eigenvalue weighted by Crippen LogP contribution is 2.27. The Bertz CT molecular complexity index is 501. The van der Waals surface area contributed by atoms with Crippen molar-refractivity contribution in [2.75, 3.05) is 20.2 Å². The molecule has 1 N–H and O–H groups in total. The summed E-state index contributed by atoms with van der Waals surface area (Å²) in [5, 5.41) is 14.0. The molecule has 0 aliphatic carbocycles. The first-order valence-corrected chi connectivity index (χ1v) is 6.16. The lowest BCUT2D eigenvalue weighted by Crippen LogP contribution is -2.38. The standard InChI is InChI=1S/C13H16N2O4/c1-19-13-3-2-11(15(17)18)7-9(13)6-10-8-14-5-4-12(10)16/h2-3,7,10,14H,4-6,8H2,1H3. The number of rotatable bonds is 4. The zero-order valence-corrected chi connectivity index (χ0v) is 10.7. The van der Waals surface area contributed by atoms with Crippen molar-refractivity contribution in [1.29, 1.82) is 0 Å². The molecule has 1 aromatic carbocycles. The Balaban J connectivity index is 2.23. The van der Waals surface area contributed by atoms with Crippen LogP contribution in [0.15, 0.2) is 18.2 Å². The second kappa shape index (κ2) is 5.79. The summed E-state index contributed by atoms with van der Waals surface area (Å²) in [5.74, 6) is 0.654. The highest BCUT2D eigenvalue weighted by molar-refractivity contribution is 5.82. The van der Waals surface area contributed by atoms with E-state index in [9.17, 15) is 14.9 Å². The Morgan fingerprint density at radius 3 is 2.95 bits per heavy atom. The van der Waals surface area contributed by atoms with Crippen molar-refractivity contribution in [3.05, 3.63) is 33.9 Å². The predicted octanol–water partition coefficient (Wildman–Crippen LogP) is 1.32. The fraction of sp³-hybridized carbons (Fsp3) is 0.462. The predicted molar refractivity (Wildman–Crippen MR) is 69.3 cm³/mol. The molecule has 1 unspecified atom stereocenters. The first-order valence-electron chi connectivity index (χ1n) is 6.16. The molecule has 0 amide bonds. The Hall–Kier alpha value is -1.95. The summed E-state index contributed by atoms with van der Waals surface area (Å²) < 4.78 is 5.20. The van der Waals surface area contributed by atoms with Crippen LogP contribution in [-0.4, -0.2) is 30.9 Å². The van der Waals surface area contributed by atoms with Crippen LogP contribution in [0.2, 0.25) is 0 Å². The molecule has 19 heavy (non-hydrogen) atoms. The number of carbonyl (C=O) groups excluding carboxylic acids is 1. The molecule has 1 aromatic rings. The molecule has 1 heterocycles. The number of carbonyl (C=O) groups is 1. The van der Waals surface area contributed by atoms with E-state index in [0.29, 0.717) is 37.2 Å². The molecular formula is C13H16N2O4. The summed E-state index contributed by atoms with van der Waals surface area (Å²) in [6, 6.07) is 4.47. The number of methoxy groups -OCH3 is 1. The van der Waals surface area contributed by atoms with Crippen molar-refractivity contribution in [3.8, 4) is 5.75 Å². The van der Waals surface area contributed by atoms with E-state index >= 15 is 0 Å². The average molecular weight is 264 g/mol. The first kappa shape index (κ1) is 13.5. The van der Waals surface area contributed by atoms with Crippen LogP contribution in [0.25, 0.3) is 0 Å². The molecule has 1 aliphatic rings. The van der Waals surface area contributed by atoms with Crippen LogP contribution in [-0.2, 0) is 11.2 Å². The van der Waals surface area contributed by atoms with Gasteiger partial charge in [-0.3, -0.25) is 14.9 Å². The summed E-state index contributed by atoms with van der Waals surface area (Å²) in [6.45, 7) is 1.33. The summed E-state index contributed by atoms with van der Waals surface area (Å²) in [4.78, 5) is 22.2. The molecule has 1 atom stereocenters. The molecule has 1 saturated heterocycles. The van der Waals surface area contributed by atoms with Gasteiger partial charge in [-0.1, -0.05) is 0 Å². The van der Waals surface area contributed by atoms with Gasteiger partial charge in [0.1, 0.15) is 11.5 Å². The topological polar surface area (TPSA) is 81.5 Å². The number of hydrogen-bond donors (Lipinski definition) is 1. The lowest BCUT2D eigenvalue weighted by atomic mass is 9.90. The number of ketones is 1. The molecule has 6 heteroatoms. The van der Waals surface area contributed by atoms with Gasteiger partial charge >= 0.3 is 0 Å². The largest absolute Gasteiger partial charge is 0.496 e. The van der Waals surface area contributed by atoms with Gasteiger partial charge < -0.3 is 10.1 Å². The van der Waals surface area contributed by atoms with E-state index < -0.39 is 4.92 Å². The van der Waals surface area contributed by atoms with Crippen molar-refractivity contribution in [2.45, 2.75) is 12.8 Å². The van der Waals surface area contributed by atoms with Gasteiger partial charge in [0, 0.05) is 43.1 Å². The van der Waals surface area contributed by atoms with E-state index in [-0.39, 0.29) is 17.4 Å². The zero-order valence-electron chi connectivity index (χ0n) is 10.7. The molecule has 1 fully saturated rings. The van der Waals surface area contributed by atoms with Crippen LogP contribution in [0.4, 0.5) is 5.69 Å². The maximum Gasteiger partial charge on any atom is 0.269 e. The fourth-order valence-corrected chi connectivity index (χ4v) is 2.30. The van der Waals surface area contributed by atoms with Crippen molar-refractivity contribution >= 4 is 11.5 Å². The smallest absolute Gasteiger partial charge is 0.269 e. The minimum atomic E-state index is -0.441. The quantitative estimate of drug-likeness (QED) is 0.655. The highest BCUT2D eigenvalue weighted by Gasteiger charge is 2.24. The molecule has 2 rings (SSSR count). The Kier molecular flexibility index (Phi) is 4.11. The van der Waals surface area contributed by atoms with Crippen molar-refractivity contribution in [1.82, 2.24) is 5.32 Å². The van der Waals surface area contributed by atoms with Crippen molar-refractivity contribution < 1.29 is 14.5 Å². The van der Waals surface area contributed by atoms with Gasteiger partial charge in [-0.2, -0.15) is 0 Å². The molecule has 0 saturated carbocycles. The van der Waals surface area contributed by atoms with Gasteiger partial charge in [0.05, 0.1) is 12.0 Å². The Morgan fingerprint density at radius 1 is 1.53 bits per heavy atom. The minimum absolute atomic E-state index is 0.0204. The summed E-state index contributed by atoms with van der Waals surface area (Å²) in [6.07, 6.45) is 0.985. The molecule has 102 valence electrons. The van der Waals surface area contributed by atoms with Crippen LogP contribution in [0, 0.1) is 16.0 Å². The van der Waals surface area contributed by atoms with Gasteiger partial charge in [-0.25, -0.2) is 0 Å². The number of nitro benzene ring substituents is 1. The summed E-state index contributed by atoms with van der Waals surface area (Å²) in [7, 11) is 1.52. The summed E-state index contributed by atoms with van der Waals surface area (Å²) in [5.41, 5.74) is 0.728. The third-order valence-electron chi connectivity index (χ3n) is 3.34. The number of nitrogens with one attached hydrogen (secondary N) is 1. The molecule has 0 spiro atoms. The van der Waals surface area contributed by atoms with E-state index in [2.05, 4.69) is 5.32 Å². The number of non-ortho nitro benzene ring substituents is 1. The number of piperidine rings is 1. The molecule has 6 nitrogen and oxygen atoms in total. The molecular weight excluding hydrogens is 248 g/mol. The van der Waals surface area contributed by atoms with Crippen molar-refractivity contribution in [3.63, 3.8) is 0 Å². The zero-order chi connectivity index (χ0) is 13.8. The van der Waals surface area contributed by atoms with Crippen molar-refractivity contribution in [2.24, 2.45) is 5.92 Å². The second-order valence-corrected chi connectivity index (χ2v) is 4.57. The number of benzene rings is 1. The SMILES string of the molecule is COc1ccc([N+](=O)[O-])cc1CC1CNCCC1=O. The number of nitro groups is 1. The number of Topliss-reactive ketones (excluding diaryl/α,β-unsaturated/α-hetero) is 1. The molecule has 0 aromatic heterocycles. The lowest BCUT2D eigenvalue weighted by Gasteiger charge is -2.22. The lowest BCUT2D eigenvalue weighted by molar-refractivity contribution is -0.384. The van der Waals surface area contributed by atoms with Gasteiger partial charge in [-0.15, -0.1) is 0 Å². The maximum absolute atomic E-state index is 11.8. The fourth-order valence-electron chi connectivity index (χ4n) is 2.30. The van der Waals surface area contributed by atoms with Crippen LogP contribution < -0.4 is 10.1 Å². The van der Waals surface area contributed by atoms with E-state index in [1.54, 1.807) is 6.07 Å². The van der Waals surface area contributed by atoms with Crippen LogP contribution in [0.1, 0.15) is 12.0 Å². The highest BCUT2D eigenvalue weighted by atomic mass is 16.6. The molecule has 0 bridgehead atoms. The molecule has 0 radical (unpaired) electrons. The first-order chi connectivity index (χ1) is 9.11. The monoisotopic (exact) mass is 264 g/mol. The van der Waals surface area contributed by atoms with Crippen LogP contribution >= 0.6 is 0 Å². The van der Waals surface area contributed by atoms with E-state index in [4.69, 9.17) is 4.74 Å². The van der Waals surface area contributed by atoms with Gasteiger partial charge in [0.25, 0.3) is 5.69 Å². The maximum atomic E-state index is 11.8. The van der Waals surface area contributed by atoms with E-state index in [0.717, 1.165) is 0 Å². The number of nitrogens with zero attached hydrogens (tertiary/aromatic N) is 1. The van der Waals surface area contributed by atoms with Gasteiger partial charge in [-0.05, 0) is 12.5 Å². The van der Waals surface area contributed by atoms with Crippen LogP contribution in [0.5, 0.6) is 5.75 Å².